The van der Waals surface area contributed by atoms with E-state index in [1.165, 1.54) is 23.9 Å². The van der Waals surface area contributed by atoms with Gasteiger partial charge in [-0.3, -0.25) is 4.79 Å². The fraction of sp³-hybridized carbons (Fsp3) is 0.0417. The molecule has 3 N–H and O–H groups in total. The maximum atomic E-state index is 12.3. The van der Waals surface area contributed by atoms with E-state index in [1.54, 1.807) is 23.5 Å². The highest BCUT2D eigenvalue weighted by atomic mass is 32.1. The van der Waals surface area contributed by atoms with Crippen LogP contribution in [0.2, 0.25) is 0 Å². The van der Waals surface area contributed by atoms with Gasteiger partial charge in [0, 0.05) is 23.1 Å². The number of aryl methyl sites for hydroxylation is 1. The third-order valence-electron chi connectivity index (χ3n) is 4.55. The minimum Gasteiger partial charge on any atom is -0.508 e. The van der Waals surface area contributed by atoms with Crippen molar-refractivity contribution in [3.63, 3.8) is 0 Å². The number of aromatic hydroxyl groups is 1. The molecular weight excluding hydrogens is 408 g/mol. The monoisotopic (exact) mass is 426 g/mol. The van der Waals surface area contributed by atoms with Crippen molar-refractivity contribution in [2.45, 2.75) is 6.92 Å². The van der Waals surface area contributed by atoms with E-state index in [2.05, 4.69) is 34.7 Å². The lowest BCUT2D eigenvalue weighted by Crippen LogP contribution is -2.14. The molecule has 7 heteroatoms. The predicted molar refractivity (Wildman–Crippen MR) is 124 cm³/mol. The maximum absolute atomic E-state index is 12.3. The summed E-state index contributed by atoms with van der Waals surface area (Å²) >= 11 is 1.64. The van der Waals surface area contributed by atoms with Gasteiger partial charge in [0.05, 0.1) is 10.2 Å². The Hall–Kier alpha value is -4.15. The fourth-order valence-electron chi connectivity index (χ4n) is 2.91. The van der Waals surface area contributed by atoms with Crippen molar-refractivity contribution in [2.75, 3.05) is 10.6 Å². The predicted octanol–water partition coefficient (Wildman–Crippen LogP) is 5.44. The number of carbonyl (C=O) groups excluding carboxylic acids is 1. The van der Waals surface area contributed by atoms with Crippen LogP contribution in [0.1, 0.15) is 5.56 Å². The van der Waals surface area contributed by atoms with Gasteiger partial charge < -0.3 is 15.7 Å². The van der Waals surface area contributed by atoms with Gasteiger partial charge in [0.1, 0.15) is 22.4 Å². The minimum absolute atomic E-state index is 0.0707. The van der Waals surface area contributed by atoms with Gasteiger partial charge in [-0.05, 0) is 73.2 Å². The Balaban J connectivity index is 1.45. The summed E-state index contributed by atoms with van der Waals surface area (Å²) in [6, 6.07) is 21.8. The van der Waals surface area contributed by atoms with Crippen LogP contribution in [0.4, 0.5) is 11.4 Å². The van der Waals surface area contributed by atoms with Gasteiger partial charge in [0.2, 0.25) is 0 Å². The van der Waals surface area contributed by atoms with Crippen LogP contribution in [0.15, 0.2) is 78.5 Å². The highest BCUT2D eigenvalue weighted by Crippen LogP contribution is 2.31. The van der Waals surface area contributed by atoms with Crippen LogP contribution in [0, 0.1) is 18.3 Å². The number of phenolic OH excluding ortho intramolecular Hbond substituents is 1. The first kappa shape index (κ1) is 20.1. The second kappa shape index (κ2) is 8.69. The topological polar surface area (TPSA) is 98.0 Å². The SMILES string of the molecule is Cc1ccc2nc(-c3ccc(N/C=C(/C#N)C(=O)Nc4ccc(O)cc4)cc3)sc2c1. The summed E-state index contributed by atoms with van der Waals surface area (Å²) in [5.74, 6) is -0.442. The standard InChI is InChI=1S/C24H18N4O2S/c1-15-2-11-21-22(12-15)31-24(28-21)16-3-5-18(6-4-16)26-14-17(13-25)23(30)27-19-7-9-20(29)10-8-19/h2-12,14,26,29H,1H3,(H,27,30)/b17-14-. The van der Waals surface area contributed by atoms with Crippen molar-refractivity contribution in [3.8, 4) is 22.4 Å². The summed E-state index contributed by atoms with van der Waals surface area (Å²) in [6.45, 7) is 2.06. The first-order valence-electron chi connectivity index (χ1n) is 9.46. The summed E-state index contributed by atoms with van der Waals surface area (Å²) in [7, 11) is 0. The van der Waals surface area contributed by atoms with Gasteiger partial charge >= 0.3 is 0 Å². The van der Waals surface area contributed by atoms with Gasteiger partial charge in [-0.15, -0.1) is 11.3 Å². The molecule has 1 amide bonds. The molecule has 4 rings (SSSR count). The number of hydrogen-bond acceptors (Lipinski definition) is 6. The lowest BCUT2D eigenvalue weighted by Gasteiger charge is -2.06. The second-order valence-corrected chi connectivity index (χ2v) is 7.91. The van der Waals surface area contributed by atoms with Gasteiger partial charge in [-0.2, -0.15) is 5.26 Å². The van der Waals surface area contributed by atoms with Crippen molar-refractivity contribution in [1.29, 1.82) is 5.26 Å². The summed E-state index contributed by atoms with van der Waals surface area (Å²) < 4.78 is 1.15. The summed E-state index contributed by atoms with van der Waals surface area (Å²) in [4.78, 5) is 17.0. The maximum Gasteiger partial charge on any atom is 0.267 e. The zero-order valence-electron chi connectivity index (χ0n) is 16.6. The second-order valence-electron chi connectivity index (χ2n) is 6.88. The van der Waals surface area contributed by atoms with E-state index < -0.39 is 5.91 Å². The highest BCUT2D eigenvalue weighted by Gasteiger charge is 2.10. The lowest BCUT2D eigenvalue weighted by molar-refractivity contribution is -0.112. The molecule has 0 aliphatic rings. The van der Waals surface area contributed by atoms with E-state index in [0.717, 1.165) is 26.5 Å². The molecule has 31 heavy (non-hydrogen) atoms. The van der Waals surface area contributed by atoms with Crippen LogP contribution in [-0.2, 0) is 4.79 Å². The molecule has 4 aromatic rings. The normalized spacial score (nSPS) is 11.2. The van der Waals surface area contributed by atoms with Crippen molar-refractivity contribution in [3.05, 3.63) is 84.1 Å². The largest absolute Gasteiger partial charge is 0.508 e. The van der Waals surface area contributed by atoms with E-state index in [4.69, 9.17) is 0 Å². The quantitative estimate of drug-likeness (QED) is 0.224. The van der Waals surface area contributed by atoms with E-state index in [0.29, 0.717) is 5.69 Å². The van der Waals surface area contributed by atoms with Crippen LogP contribution in [0.5, 0.6) is 5.75 Å². The molecule has 0 saturated carbocycles. The van der Waals surface area contributed by atoms with Crippen molar-refractivity contribution in [1.82, 2.24) is 4.98 Å². The Kier molecular flexibility index (Phi) is 5.65. The number of aromatic nitrogens is 1. The number of nitrogens with zero attached hydrogens (tertiary/aromatic N) is 2. The van der Waals surface area contributed by atoms with E-state index in [1.807, 2.05) is 36.4 Å². The molecule has 1 heterocycles. The van der Waals surface area contributed by atoms with Gasteiger partial charge in [-0.25, -0.2) is 4.98 Å². The Morgan fingerprint density at radius 1 is 1.06 bits per heavy atom. The first-order chi connectivity index (χ1) is 15.0. The number of carbonyl (C=O) groups is 1. The highest BCUT2D eigenvalue weighted by molar-refractivity contribution is 7.21. The molecule has 3 aromatic carbocycles. The number of thiazole rings is 1. The smallest absolute Gasteiger partial charge is 0.267 e. The Morgan fingerprint density at radius 3 is 2.48 bits per heavy atom. The number of nitriles is 1. The average molecular weight is 427 g/mol. The van der Waals surface area contributed by atoms with Crippen LogP contribution < -0.4 is 10.6 Å². The van der Waals surface area contributed by atoms with Crippen molar-refractivity contribution < 1.29 is 9.90 Å². The fourth-order valence-corrected chi connectivity index (χ4v) is 3.98. The van der Waals surface area contributed by atoms with E-state index in [9.17, 15) is 15.2 Å². The molecule has 152 valence electrons. The molecule has 0 spiro atoms. The molecule has 0 unspecified atom stereocenters. The summed E-state index contributed by atoms with van der Waals surface area (Å²) in [5.41, 5.74) is 4.34. The van der Waals surface area contributed by atoms with Crippen molar-refractivity contribution >= 4 is 38.8 Å². The summed E-state index contributed by atoms with van der Waals surface area (Å²) in [5, 5.41) is 25.2. The van der Waals surface area contributed by atoms with Gasteiger partial charge in [-0.1, -0.05) is 6.07 Å². The minimum atomic E-state index is -0.540. The number of anilines is 2. The van der Waals surface area contributed by atoms with Gasteiger partial charge in [0.25, 0.3) is 5.91 Å². The van der Waals surface area contributed by atoms with Crippen LogP contribution in [-0.4, -0.2) is 16.0 Å². The number of fused-ring (bicyclic) bond motifs is 1. The molecule has 1 aromatic heterocycles. The third-order valence-corrected chi connectivity index (χ3v) is 5.62. The number of benzene rings is 3. The Labute approximate surface area is 183 Å². The lowest BCUT2D eigenvalue weighted by atomic mass is 10.2. The Morgan fingerprint density at radius 2 is 1.77 bits per heavy atom. The number of amides is 1. The zero-order chi connectivity index (χ0) is 21.8. The average Bonchev–Trinajstić information content (AvgIpc) is 3.19. The van der Waals surface area contributed by atoms with Crippen LogP contribution >= 0.6 is 11.3 Å². The van der Waals surface area contributed by atoms with E-state index >= 15 is 0 Å². The van der Waals surface area contributed by atoms with Gasteiger partial charge in [0.15, 0.2) is 0 Å². The molecular formula is C24H18N4O2S. The molecule has 0 atom stereocenters. The third kappa shape index (κ3) is 4.71. The number of rotatable bonds is 5. The van der Waals surface area contributed by atoms with Crippen molar-refractivity contribution in [2.24, 2.45) is 0 Å². The molecule has 6 nitrogen and oxygen atoms in total. The zero-order valence-corrected chi connectivity index (χ0v) is 17.4. The molecule has 0 saturated heterocycles. The first-order valence-corrected chi connectivity index (χ1v) is 10.3. The van der Waals surface area contributed by atoms with E-state index in [-0.39, 0.29) is 11.3 Å². The molecule has 0 fully saturated rings. The molecule has 0 aliphatic carbocycles. The Bertz CT molecular complexity index is 1320. The molecule has 0 radical (unpaired) electrons. The number of hydrogen-bond donors (Lipinski definition) is 3. The number of phenols is 1. The molecule has 0 aliphatic heterocycles. The molecule has 0 bridgehead atoms. The van der Waals surface area contributed by atoms with Crippen LogP contribution in [0.25, 0.3) is 20.8 Å². The number of nitrogens with one attached hydrogen (secondary N) is 2. The van der Waals surface area contributed by atoms with Crippen LogP contribution in [0.3, 0.4) is 0 Å². The summed E-state index contributed by atoms with van der Waals surface area (Å²) in [6.07, 6.45) is 1.37.